The molecule has 7 heteroatoms. The highest BCUT2D eigenvalue weighted by Gasteiger charge is 2.35. The summed E-state index contributed by atoms with van der Waals surface area (Å²) in [6, 6.07) is 9.18. The number of nitrogens with one attached hydrogen (secondary N) is 1. The molecule has 0 aliphatic carbocycles. The van der Waals surface area contributed by atoms with Crippen LogP contribution >= 0.6 is 0 Å². The Hall–Kier alpha value is -2.31. The van der Waals surface area contributed by atoms with E-state index in [0.29, 0.717) is 0 Å². The smallest absolute Gasteiger partial charge is 0.348 e. The van der Waals surface area contributed by atoms with Crippen LogP contribution in [0.15, 0.2) is 36.4 Å². The molecule has 0 spiro atoms. The van der Waals surface area contributed by atoms with Crippen LogP contribution in [0, 0.1) is 6.92 Å². The summed E-state index contributed by atoms with van der Waals surface area (Å²) >= 11 is 0. The van der Waals surface area contributed by atoms with E-state index < -0.39 is 17.9 Å². The number of hydrogen-bond acceptors (Lipinski definition) is 2. The molecule has 2 atom stereocenters. The Bertz CT molecular complexity index is 680. The van der Waals surface area contributed by atoms with Gasteiger partial charge in [-0.15, -0.1) is 0 Å². The second kappa shape index (κ2) is 6.44. The molecule has 124 valence electrons. The van der Waals surface area contributed by atoms with Gasteiger partial charge in [0.05, 0.1) is 6.04 Å². The molecule has 1 amide bonds. The van der Waals surface area contributed by atoms with Crippen molar-refractivity contribution in [2.45, 2.75) is 39.0 Å². The van der Waals surface area contributed by atoms with Crippen LogP contribution in [0.5, 0.6) is 0 Å². The first-order chi connectivity index (χ1) is 10.7. The Kier molecular flexibility index (Phi) is 4.77. The summed E-state index contributed by atoms with van der Waals surface area (Å²) in [5, 5.41) is 6.30. The van der Waals surface area contributed by atoms with E-state index >= 15 is 0 Å². The Morgan fingerprint density at radius 3 is 2.35 bits per heavy atom. The average molecular weight is 325 g/mol. The number of carbonyl (C=O) groups is 1. The van der Waals surface area contributed by atoms with E-state index in [1.54, 1.807) is 0 Å². The first-order valence-corrected chi connectivity index (χ1v) is 7.19. The fraction of sp³-hybridized carbons (Fsp3) is 0.375. The van der Waals surface area contributed by atoms with Crippen LogP contribution in [0.3, 0.4) is 0 Å². The lowest BCUT2D eigenvalue weighted by molar-refractivity contribution is -0.142. The molecule has 0 radical (unpaired) electrons. The van der Waals surface area contributed by atoms with Crippen LogP contribution in [-0.4, -0.2) is 15.7 Å². The molecule has 0 aliphatic heterocycles. The molecule has 23 heavy (non-hydrogen) atoms. The van der Waals surface area contributed by atoms with Crippen molar-refractivity contribution in [3.63, 3.8) is 0 Å². The predicted molar refractivity (Wildman–Crippen MR) is 79.7 cm³/mol. The number of nitrogens with zero attached hydrogens (tertiary/aromatic N) is 2. The largest absolute Gasteiger partial charge is 0.435 e. The molecule has 2 aromatic rings. The van der Waals surface area contributed by atoms with Gasteiger partial charge in [0.2, 0.25) is 5.91 Å². The van der Waals surface area contributed by atoms with Crippen molar-refractivity contribution >= 4 is 5.91 Å². The highest BCUT2D eigenvalue weighted by molar-refractivity contribution is 5.80. The van der Waals surface area contributed by atoms with Crippen LogP contribution in [0.2, 0.25) is 0 Å². The van der Waals surface area contributed by atoms with Crippen LogP contribution < -0.4 is 5.32 Å². The van der Waals surface area contributed by atoms with Crippen molar-refractivity contribution in [1.82, 2.24) is 15.1 Å². The number of halogens is 3. The zero-order valence-electron chi connectivity index (χ0n) is 13.1. The van der Waals surface area contributed by atoms with Gasteiger partial charge in [-0.25, -0.2) is 0 Å². The van der Waals surface area contributed by atoms with Gasteiger partial charge in [0, 0.05) is 5.69 Å². The van der Waals surface area contributed by atoms with Gasteiger partial charge in [-0.3, -0.25) is 9.48 Å². The van der Waals surface area contributed by atoms with E-state index in [4.69, 9.17) is 0 Å². The Labute approximate surface area is 132 Å². The predicted octanol–water partition coefficient (Wildman–Crippen LogP) is 3.65. The standard InChI is InChI=1S/C16H18F3N3O/c1-10-9-14(16(17,18)19)21-22(10)12(3)15(23)20-11(2)13-7-5-4-6-8-13/h4-9,11-12H,1-3H3,(H,20,23). The molecule has 1 N–H and O–H groups in total. The Morgan fingerprint density at radius 2 is 1.83 bits per heavy atom. The first-order valence-electron chi connectivity index (χ1n) is 7.19. The molecule has 1 aromatic carbocycles. The van der Waals surface area contributed by atoms with Crippen molar-refractivity contribution in [1.29, 1.82) is 0 Å². The Balaban J connectivity index is 2.13. The van der Waals surface area contributed by atoms with Crippen molar-refractivity contribution in [3.8, 4) is 0 Å². The minimum absolute atomic E-state index is 0.246. The third kappa shape index (κ3) is 3.91. The van der Waals surface area contributed by atoms with Gasteiger partial charge < -0.3 is 5.32 Å². The van der Waals surface area contributed by atoms with Gasteiger partial charge in [-0.1, -0.05) is 30.3 Å². The Morgan fingerprint density at radius 1 is 1.22 bits per heavy atom. The first kappa shape index (κ1) is 17.1. The fourth-order valence-corrected chi connectivity index (χ4v) is 2.29. The third-order valence-corrected chi connectivity index (χ3v) is 3.62. The number of aromatic nitrogens is 2. The van der Waals surface area contributed by atoms with E-state index in [2.05, 4.69) is 10.4 Å². The summed E-state index contributed by atoms with van der Waals surface area (Å²) in [6.45, 7) is 4.83. The van der Waals surface area contributed by atoms with Crippen molar-refractivity contribution in [2.24, 2.45) is 0 Å². The minimum atomic E-state index is -4.52. The molecular weight excluding hydrogens is 307 g/mol. The molecular formula is C16H18F3N3O. The minimum Gasteiger partial charge on any atom is -0.348 e. The third-order valence-electron chi connectivity index (χ3n) is 3.62. The summed E-state index contributed by atoms with van der Waals surface area (Å²) in [5.41, 5.74) is 0.208. The summed E-state index contributed by atoms with van der Waals surface area (Å²) in [4.78, 5) is 12.3. The number of rotatable bonds is 4. The van der Waals surface area contributed by atoms with Gasteiger partial charge in [-0.2, -0.15) is 18.3 Å². The van der Waals surface area contributed by atoms with Crippen molar-refractivity contribution in [2.75, 3.05) is 0 Å². The summed E-state index contributed by atoms with van der Waals surface area (Å²) in [6.07, 6.45) is -4.52. The molecule has 2 unspecified atom stereocenters. The van der Waals surface area contributed by atoms with Gasteiger partial charge in [-0.05, 0) is 32.4 Å². The van der Waals surface area contributed by atoms with E-state index in [1.807, 2.05) is 37.3 Å². The van der Waals surface area contributed by atoms with Crippen LogP contribution in [0.4, 0.5) is 13.2 Å². The fourth-order valence-electron chi connectivity index (χ4n) is 2.29. The molecule has 0 saturated carbocycles. The second-order valence-electron chi connectivity index (χ2n) is 5.43. The number of alkyl halides is 3. The number of amides is 1. The molecule has 1 heterocycles. The lowest BCUT2D eigenvalue weighted by atomic mass is 10.1. The number of benzene rings is 1. The topological polar surface area (TPSA) is 46.9 Å². The molecule has 2 rings (SSSR count). The maximum atomic E-state index is 12.7. The monoisotopic (exact) mass is 325 g/mol. The molecule has 0 bridgehead atoms. The summed E-state index contributed by atoms with van der Waals surface area (Å²) in [7, 11) is 0. The maximum Gasteiger partial charge on any atom is 0.435 e. The maximum absolute atomic E-state index is 12.7. The zero-order chi connectivity index (χ0) is 17.2. The van der Waals surface area contributed by atoms with Crippen LogP contribution in [-0.2, 0) is 11.0 Å². The van der Waals surface area contributed by atoms with E-state index in [9.17, 15) is 18.0 Å². The van der Waals surface area contributed by atoms with Crippen molar-refractivity contribution < 1.29 is 18.0 Å². The highest BCUT2D eigenvalue weighted by atomic mass is 19.4. The quantitative estimate of drug-likeness (QED) is 0.933. The SMILES string of the molecule is Cc1cc(C(F)(F)F)nn1C(C)C(=O)NC(C)c1ccccc1. The van der Waals surface area contributed by atoms with E-state index in [0.717, 1.165) is 16.3 Å². The van der Waals surface area contributed by atoms with Crippen LogP contribution in [0.1, 0.15) is 42.9 Å². The lowest BCUT2D eigenvalue weighted by Crippen LogP contribution is -2.33. The summed E-state index contributed by atoms with van der Waals surface area (Å²) < 4.78 is 39.2. The van der Waals surface area contributed by atoms with E-state index in [1.165, 1.54) is 13.8 Å². The van der Waals surface area contributed by atoms with Gasteiger partial charge >= 0.3 is 6.18 Å². The summed E-state index contributed by atoms with van der Waals surface area (Å²) in [5.74, 6) is -0.388. The molecule has 0 fully saturated rings. The van der Waals surface area contributed by atoms with Crippen molar-refractivity contribution in [3.05, 3.63) is 53.3 Å². The second-order valence-corrected chi connectivity index (χ2v) is 5.43. The highest BCUT2D eigenvalue weighted by Crippen LogP contribution is 2.29. The van der Waals surface area contributed by atoms with Gasteiger partial charge in [0.25, 0.3) is 0 Å². The zero-order valence-corrected chi connectivity index (χ0v) is 13.1. The molecule has 0 saturated heterocycles. The number of hydrogen-bond donors (Lipinski definition) is 1. The number of aryl methyl sites for hydroxylation is 1. The lowest BCUT2D eigenvalue weighted by Gasteiger charge is -2.19. The van der Waals surface area contributed by atoms with E-state index in [-0.39, 0.29) is 17.6 Å². The van der Waals surface area contributed by atoms with Gasteiger partial charge in [0.1, 0.15) is 6.04 Å². The molecule has 0 aliphatic rings. The molecule has 4 nitrogen and oxygen atoms in total. The van der Waals surface area contributed by atoms with Gasteiger partial charge in [0.15, 0.2) is 5.69 Å². The average Bonchev–Trinajstić information content (AvgIpc) is 2.89. The normalized spacial score (nSPS) is 14.3. The number of carbonyl (C=O) groups excluding carboxylic acids is 1. The van der Waals surface area contributed by atoms with Crippen LogP contribution in [0.25, 0.3) is 0 Å². The molecule has 1 aromatic heterocycles.